The minimum atomic E-state index is -3.61. The number of methoxy groups -OCH3 is 1. The van der Waals surface area contributed by atoms with Gasteiger partial charge in [-0.2, -0.15) is 4.31 Å². The number of benzene rings is 1. The highest BCUT2D eigenvalue weighted by Crippen LogP contribution is 2.30. The van der Waals surface area contributed by atoms with E-state index < -0.39 is 10.0 Å². The number of piperidine rings is 1. The SMILES string of the molecule is COc1ccc(S(=O)(=O)N2CCCCC2)cc1NC(=O)CCN1CCSC1=O. The Bertz CT molecular complexity index is 838. The molecule has 2 aliphatic rings. The third-order valence-electron chi connectivity index (χ3n) is 4.85. The summed E-state index contributed by atoms with van der Waals surface area (Å²) in [7, 11) is -2.14. The summed E-state index contributed by atoms with van der Waals surface area (Å²) in [5.41, 5.74) is 0.313. The molecule has 28 heavy (non-hydrogen) atoms. The van der Waals surface area contributed by atoms with E-state index in [9.17, 15) is 18.0 Å². The Morgan fingerprint density at radius 3 is 2.61 bits per heavy atom. The minimum absolute atomic E-state index is 0.0139. The predicted molar refractivity (Wildman–Crippen MR) is 108 cm³/mol. The number of rotatable bonds is 7. The number of hydrogen-bond donors (Lipinski definition) is 1. The van der Waals surface area contributed by atoms with Crippen LogP contribution in [0.3, 0.4) is 0 Å². The van der Waals surface area contributed by atoms with Crippen LogP contribution < -0.4 is 10.1 Å². The number of sulfonamides is 1. The van der Waals surface area contributed by atoms with Gasteiger partial charge in [-0.15, -0.1) is 0 Å². The summed E-state index contributed by atoms with van der Waals surface area (Å²) in [4.78, 5) is 25.7. The molecule has 10 heteroatoms. The smallest absolute Gasteiger partial charge is 0.281 e. The number of anilines is 1. The molecule has 1 aromatic rings. The van der Waals surface area contributed by atoms with Crippen molar-refractivity contribution in [2.75, 3.05) is 44.4 Å². The summed E-state index contributed by atoms with van der Waals surface area (Å²) in [6.07, 6.45) is 2.88. The van der Waals surface area contributed by atoms with Gasteiger partial charge in [-0.25, -0.2) is 8.42 Å². The molecule has 2 heterocycles. The van der Waals surface area contributed by atoms with E-state index in [4.69, 9.17) is 4.74 Å². The van der Waals surface area contributed by atoms with Gasteiger partial charge < -0.3 is 15.0 Å². The van der Waals surface area contributed by atoms with Gasteiger partial charge in [0, 0.05) is 38.4 Å². The Labute approximate surface area is 169 Å². The number of nitrogens with zero attached hydrogens (tertiary/aromatic N) is 2. The maximum atomic E-state index is 12.9. The fourth-order valence-corrected chi connectivity index (χ4v) is 5.67. The van der Waals surface area contributed by atoms with E-state index >= 15 is 0 Å². The topological polar surface area (TPSA) is 96.0 Å². The number of carbonyl (C=O) groups is 2. The lowest BCUT2D eigenvalue weighted by atomic mass is 10.2. The van der Waals surface area contributed by atoms with Gasteiger partial charge in [0.25, 0.3) is 5.24 Å². The van der Waals surface area contributed by atoms with Crippen molar-refractivity contribution < 1.29 is 22.7 Å². The van der Waals surface area contributed by atoms with Gasteiger partial charge in [0.15, 0.2) is 0 Å². The van der Waals surface area contributed by atoms with E-state index in [-0.39, 0.29) is 22.5 Å². The number of hydrogen-bond acceptors (Lipinski definition) is 6. The Balaban J connectivity index is 1.71. The van der Waals surface area contributed by atoms with Crippen molar-refractivity contribution in [2.24, 2.45) is 0 Å². The first-order chi connectivity index (χ1) is 13.4. The zero-order valence-corrected chi connectivity index (χ0v) is 17.5. The first-order valence-corrected chi connectivity index (χ1v) is 11.7. The van der Waals surface area contributed by atoms with Crippen LogP contribution >= 0.6 is 11.8 Å². The zero-order chi connectivity index (χ0) is 20.1. The van der Waals surface area contributed by atoms with Crippen molar-refractivity contribution in [3.63, 3.8) is 0 Å². The van der Waals surface area contributed by atoms with Crippen LogP contribution in [0.1, 0.15) is 25.7 Å². The van der Waals surface area contributed by atoms with Crippen molar-refractivity contribution in [3.05, 3.63) is 18.2 Å². The van der Waals surface area contributed by atoms with Gasteiger partial charge in [0.05, 0.1) is 17.7 Å². The van der Waals surface area contributed by atoms with Crippen LogP contribution in [0.15, 0.2) is 23.1 Å². The zero-order valence-electron chi connectivity index (χ0n) is 15.8. The lowest BCUT2D eigenvalue weighted by Crippen LogP contribution is -2.35. The van der Waals surface area contributed by atoms with Crippen LogP contribution in [-0.2, 0) is 14.8 Å². The molecule has 0 saturated carbocycles. The molecule has 0 spiro atoms. The van der Waals surface area contributed by atoms with Crippen LogP contribution in [-0.4, -0.2) is 67.8 Å². The van der Waals surface area contributed by atoms with Crippen LogP contribution in [0.2, 0.25) is 0 Å². The molecule has 3 rings (SSSR count). The minimum Gasteiger partial charge on any atom is -0.495 e. The molecular weight excluding hydrogens is 402 g/mol. The maximum absolute atomic E-state index is 12.9. The largest absolute Gasteiger partial charge is 0.495 e. The van der Waals surface area contributed by atoms with Crippen LogP contribution in [0, 0.1) is 0 Å². The third kappa shape index (κ3) is 4.79. The molecule has 154 valence electrons. The molecule has 0 unspecified atom stereocenters. The summed E-state index contributed by atoms with van der Waals surface area (Å²) in [6.45, 7) is 2.01. The average Bonchev–Trinajstić information content (AvgIpc) is 3.12. The molecule has 0 atom stereocenters. The third-order valence-corrected chi connectivity index (χ3v) is 7.64. The van der Waals surface area contributed by atoms with Crippen molar-refractivity contribution in [1.29, 1.82) is 0 Å². The van der Waals surface area contributed by atoms with Gasteiger partial charge in [0.2, 0.25) is 15.9 Å². The van der Waals surface area contributed by atoms with E-state index in [0.717, 1.165) is 25.0 Å². The summed E-state index contributed by atoms with van der Waals surface area (Å²) in [5.74, 6) is 0.833. The lowest BCUT2D eigenvalue weighted by Gasteiger charge is -2.26. The molecular formula is C18H25N3O5S2. The van der Waals surface area contributed by atoms with Gasteiger partial charge in [0.1, 0.15) is 5.75 Å². The van der Waals surface area contributed by atoms with Crippen molar-refractivity contribution in [3.8, 4) is 5.75 Å². The van der Waals surface area contributed by atoms with E-state index in [0.29, 0.717) is 37.6 Å². The molecule has 0 aliphatic carbocycles. The average molecular weight is 428 g/mol. The number of ether oxygens (including phenoxy) is 1. The highest BCUT2D eigenvalue weighted by molar-refractivity contribution is 8.13. The fraction of sp³-hybridized carbons (Fsp3) is 0.556. The maximum Gasteiger partial charge on any atom is 0.281 e. The highest BCUT2D eigenvalue weighted by Gasteiger charge is 2.27. The number of thioether (sulfide) groups is 1. The van der Waals surface area contributed by atoms with Crippen LogP contribution in [0.25, 0.3) is 0 Å². The molecule has 0 aromatic heterocycles. The normalized spacial score (nSPS) is 18.3. The molecule has 1 aromatic carbocycles. The van der Waals surface area contributed by atoms with Crippen molar-refractivity contribution in [2.45, 2.75) is 30.6 Å². The Kier molecular flexibility index (Phi) is 6.84. The first-order valence-electron chi connectivity index (χ1n) is 9.31. The van der Waals surface area contributed by atoms with Crippen molar-refractivity contribution in [1.82, 2.24) is 9.21 Å². The Morgan fingerprint density at radius 1 is 1.21 bits per heavy atom. The Morgan fingerprint density at radius 2 is 1.96 bits per heavy atom. The van der Waals surface area contributed by atoms with Gasteiger partial charge >= 0.3 is 0 Å². The summed E-state index contributed by atoms with van der Waals surface area (Å²) >= 11 is 1.25. The van der Waals surface area contributed by atoms with Gasteiger partial charge in [-0.3, -0.25) is 9.59 Å². The second-order valence-electron chi connectivity index (χ2n) is 6.73. The van der Waals surface area contributed by atoms with E-state index in [1.165, 1.54) is 35.3 Å². The Hall–Kier alpha value is -1.78. The van der Waals surface area contributed by atoms with E-state index in [1.807, 2.05) is 0 Å². The van der Waals surface area contributed by atoms with Gasteiger partial charge in [-0.1, -0.05) is 18.2 Å². The highest BCUT2D eigenvalue weighted by atomic mass is 32.2. The first kappa shape index (κ1) is 20.9. The molecule has 1 N–H and O–H groups in total. The van der Waals surface area contributed by atoms with E-state index in [2.05, 4.69) is 5.32 Å². The monoisotopic (exact) mass is 427 g/mol. The molecule has 8 nitrogen and oxygen atoms in total. The molecule has 2 aliphatic heterocycles. The summed E-state index contributed by atoms with van der Waals surface area (Å²) < 4.78 is 32.5. The lowest BCUT2D eigenvalue weighted by molar-refractivity contribution is -0.116. The van der Waals surface area contributed by atoms with Crippen LogP contribution in [0.5, 0.6) is 5.75 Å². The number of nitrogens with one attached hydrogen (secondary N) is 1. The molecule has 2 saturated heterocycles. The molecule has 2 fully saturated rings. The fourth-order valence-electron chi connectivity index (χ4n) is 3.28. The standard InChI is InChI=1S/C18H25N3O5S2/c1-26-16-6-5-14(28(24,25)21-8-3-2-4-9-21)13-15(16)19-17(22)7-10-20-11-12-27-18(20)23/h5-6,13H,2-4,7-12H2,1H3,(H,19,22). The van der Waals surface area contributed by atoms with Crippen molar-refractivity contribution >= 4 is 38.6 Å². The number of carbonyl (C=O) groups excluding carboxylic acids is 2. The van der Waals surface area contributed by atoms with E-state index in [1.54, 1.807) is 11.0 Å². The molecule has 0 radical (unpaired) electrons. The summed E-state index contributed by atoms with van der Waals surface area (Å²) in [5, 5.41) is 2.71. The summed E-state index contributed by atoms with van der Waals surface area (Å²) in [6, 6.07) is 4.49. The second kappa shape index (κ2) is 9.15. The molecule has 2 amide bonds. The van der Waals surface area contributed by atoms with Gasteiger partial charge in [-0.05, 0) is 31.0 Å². The predicted octanol–water partition coefficient (Wildman–Crippen LogP) is 2.37. The second-order valence-corrected chi connectivity index (χ2v) is 9.71. The quantitative estimate of drug-likeness (QED) is 0.718. The molecule has 0 bridgehead atoms. The number of amides is 2. The van der Waals surface area contributed by atoms with Crippen LogP contribution in [0.4, 0.5) is 10.5 Å².